The van der Waals surface area contributed by atoms with Crippen molar-refractivity contribution in [3.8, 4) is 0 Å². The van der Waals surface area contributed by atoms with Crippen LogP contribution >= 0.6 is 11.6 Å². The number of rotatable bonds is 5. The molecule has 35 heavy (non-hydrogen) atoms. The molecule has 194 valence electrons. The molecule has 2 N–H and O–H groups in total. The van der Waals surface area contributed by atoms with E-state index in [0.717, 1.165) is 77.9 Å². The topological polar surface area (TPSA) is 77.2 Å². The predicted molar refractivity (Wildman–Crippen MR) is 134 cm³/mol. The smallest absolute Gasteiger partial charge is 0.256 e. The molecule has 8 nitrogen and oxygen atoms in total. The number of ketones is 1. The molecule has 0 radical (unpaired) electrons. The van der Waals surface area contributed by atoms with E-state index in [1.165, 1.54) is 12.8 Å². The first-order valence-electron chi connectivity index (χ1n) is 13.9. The van der Waals surface area contributed by atoms with Gasteiger partial charge in [-0.15, -0.1) is 11.6 Å². The summed E-state index contributed by atoms with van der Waals surface area (Å²) in [5.41, 5.74) is 0.338. The zero-order valence-electron chi connectivity index (χ0n) is 20.7. The summed E-state index contributed by atoms with van der Waals surface area (Å²) in [4.78, 5) is 34.4. The van der Waals surface area contributed by atoms with Gasteiger partial charge in [0.1, 0.15) is 0 Å². The average molecular weight is 506 g/mol. The molecule has 2 saturated carbocycles. The van der Waals surface area contributed by atoms with Crippen LogP contribution in [0.25, 0.3) is 0 Å². The molecule has 7 atom stereocenters. The summed E-state index contributed by atoms with van der Waals surface area (Å²) < 4.78 is 6.74. The van der Waals surface area contributed by atoms with Crippen molar-refractivity contribution in [2.45, 2.75) is 80.7 Å². The molecular weight excluding hydrogens is 466 g/mol. The van der Waals surface area contributed by atoms with Gasteiger partial charge in [-0.25, -0.2) is 0 Å². The van der Waals surface area contributed by atoms with E-state index >= 15 is 0 Å². The van der Waals surface area contributed by atoms with Crippen molar-refractivity contribution in [2.24, 2.45) is 5.92 Å². The predicted octanol–water partition coefficient (Wildman–Crippen LogP) is 0.947. The molecule has 0 bridgehead atoms. The number of carbonyl (C=O) groups is 2. The van der Waals surface area contributed by atoms with Gasteiger partial charge in [-0.1, -0.05) is 0 Å². The SMILES string of the molecule is O=C(NCCN1CCCC1)C1=CN2C3CC(Cl)CCC3OC3CC(N4CCNCC4)CC(C1=O)C32. The van der Waals surface area contributed by atoms with Crippen LogP contribution in [0, 0.1) is 5.92 Å². The zero-order valence-corrected chi connectivity index (χ0v) is 21.4. The lowest BCUT2D eigenvalue weighted by Crippen LogP contribution is -2.69. The number of hydrogen-bond acceptors (Lipinski definition) is 7. The van der Waals surface area contributed by atoms with E-state index in [1.807, 2.05) is 6.20 Å². The number of Topliss-reactive ketones (excluding diaryl/α,β-unsaturated/α-hetero) is 1. The van der Waals surface area contributed by atoms with Crippen molar-refractivity contribution in [1.29, 1.82) is 0 Å². The molecule has 0 aromatic carbocycles. The third-order valence-electron chi connectivity index (χ3n) is 9.30. The number of morpholine rings is 1. The number of likely N-dealkylation sites (tertiary alicyclic amines) is 1. The van der Waals surface area contributed by atoms with Gasteiger partial charge in [-0.3, -0.25) is 14.5 Å². The Morgan fingerprint density at radius 1 is 1.09 bits per heavy atom. The molecule has 9 heteroatoms. The lowest BCUT2D eigenvalue weighted by Gasteiger charge is -2.59. The number of amides is 1. The molecule has 7 unspecified atom stereocenters. The number of ether oxygens (including phenoxy) is 1. The van der Waals surface area contributed by atoms with Crippen molar-refractivity contribution in [2.75, 3.05) is 52.4 Å². The van der Waals surface area contributed by atoms with Crippen LogP contribution in [0.1, 0.15) is 44.9 Å². The first kappa shape index (κ1) is 24.2. The van der Waals surface area contributed by atoms with Gasteiger partial charge in [0.2, 0.25) is 0 Å². The van der Waals surface area contributed by atoms with Gasteiger partial charge >= 0.3 is 0 Å². The van der Waals surface area contributed by atoms with E-state index in [0.29, 0.717) is 18.2 Å². The summed E-state index contributed by atoms with van der Waals surface area (Å²) in [5, 5.41) is 6.62. The van der Waals surface area contributed by atoms with E-state index in [2.05, 4.69) is 25.3 Å². The van der Waals surface area contributed by atoms with Gasteiger partial charge in [0.05, 0.1) is 29.9 Å². The van der Waals surface area contributed by atoms with Crippen LogP contribution in [0.4, 0.5) is 0 Å². The molecular formula is C26H40ClN5O3. The Hall–Kier alpha value is -1.19. The molecule has 6 aliphatic rings. The molecule has 2 aliphatic carbocycles. The first-order chi connectivity index (χ1) is 17.1. The number of halogens is 1. The summed E-state index contributed by atoms with van der Waals surface area (Å²) in [6.07, 6.45) is 9.03. The highest BCUT2D eigenvalue weighted by Crippen LogP contribution is 2.46. The summed E-state index contributed by atoms with van der Waals surface area (Å²) in [7, 11) is 0. The fraction of sp³-hybridized carbons (Fsp3) is 0.846. The van der Waals surface area contributed by atoms with Crippen molar-refractivity contribution < 1.29 is 14.3 Å². The average Bonchev–Trinajstić information content (AvgIpc) is 3.39. The van der Waals surface area contributed by atoms with Gasteiger partial charge < -0.3 is 25.2 Å². The normalized spacial score (nSPS) is 40.1. The van der Waals surface area contributed by atoms with Crippen molar-refractivity contribution >= 4 is 23.3 Å². The standard InChI is InChI=1S/C26H40ClN5O3/c27-17-3-4-22-21(13-17)32-16-20(26(34)29-7-10-30-8-1-2-9-30)25(33)19-14-18(15-23(35-22)24(19)32)31-11-5-28-6-12-31/h16-19,21-24,28H,1-15H2,(H,29,34). The Morgan fingerprint density at radius 2 is 1.89 bits per heavy atom. The van der Waals surface area contributed by atoms with E-state index in [9.17, 15) is 9.59 Å². The molecule has 6 rings (SSSR count). The highest BCUT2D eigenvalue weighted by Gasteiger charge is 2.55. The Balaban J connectivity index is 1.24. The van der Waals surface area contributed by atoms with Crippen molar-refractivity contribution in [3.05, 3.63) is 11.8 Å². The van der Waals surface area contributed by atoms with Crippen LogP contribution in [0.15, 0.2) is 11.8 Å². The molecule has 4 heterocycles. The monoisotopic (exact) mass is 505 g/mol. The minimum Gasteiger partial charge on any atom is -0.371 e. The summed E-state index contributed by atoms with van der Waals surface area (Å²) in [6, 6.07) is 0.491. The highest BCUT2D eigenvalue weighted by molar-refractivity contribution is 6.21. The maximum Gasteiger partial charge on any atom is 0.256 e. The van der Waals surface area contributed by atoms with Crippen LogP contribution in [-0.4, -0.2) is 114 Å². The molecule has 3 saturated heterocycles. The number of hydrogen-bond donors (Lipinski definition) is 2. The molecule has 0 spiro atoms. The number of alkyl halides is 1. The summed E-state index contributed by atoms with van der Waals surface area (Å²) >= 11 is 6.61. The Labute approximate surface area is 213 Å². The van der Waals surface area contributed by atoms with Crippen molar-refractivity contribution in [1.82, 2.24) is 25.3 Å². The van der Waals surface area contributed by atoms with Gasteiger partial charge in [-0.2, -0.15) is 0 Å². The number of carbonyl (C=O) groups excluding carboxylic acids is 2. The zero-order chi connectivity index (χ0) is 23.9. The first-order valence-corrected chi connectivity index (χ1v) is 14.3. The van der Waals surface area contributed by atoms with Gasteiger partial charge in [0.25, 0.3) is 5.91 Å². The maximum atomic E-state index is 13.8. The molecule has 0 aromatic rings. The second kappa shape index (κ2) is 10.3. The lowest BCUT2D eigenvalue weighted by atomic mass is 9.70. The third-order valence-corrected chi connectivity index (χ3v) is 9.69. The third kappa shape index (κ3) is 4.77. The van der Waals surface area contributed by atoms with Crippen LogP contribution in [0.2, 0.25) is 0 Å². The largest absolute Gasteiger partial charge is 0.371 e. The number of nitrogens with one attached hydrogen (secondary N) is 2. The maximum absolute atomic E-state index is 13.8. The number of fused-ring (bicyclic) bond motifs is 2. The summed E-state index contributed by atoms with van der Waals surface area (Å²) in [5.74, 6) is -0.403. The number of piperazine rings is 1. The minimum absolute atomic E-state index is 0.00930. The molecule has 5 fully saturated rings. The summed E-state index contributed by atoms with van der Waals surface area (Å²) in [6.45, 7) is 7.63. The Morgan fingerprint density at radius 3 is 2.69 bits per heavy atom. The fourth-order valence-corrected chi connectivity index (χ4v) is 7.83. The van der Waals surface area contributed by atoms with Crippen LogP contribution in [0.3, 0.4) is 0 Å². The second-order valence-electron chi connectivity index (χ2n) is 11.4. The van der Waals surface area contributed by atoms with Gasteiger partial charge in [-0.05, 0) is 58.0 Å². The van der Waals surface area contributed by atoms with Crippen LogP contribution in [0.5, 0.6) is 0 Å². The Bertz CT molecular complexity index is 843. The van der Waals surface area contributed by atoms with Gasteiger partial charge in [0, 0.05) is 62.8 Å². The quantitative estimate of drug-likeness (QED) is 0.425. The second-order valence-corrected chi connectivity index (χ2v) is 12.0. The molecule has 0 aromatic heterocycles. The van der Waals surface area contributed by atoms with Crippen LogP contribution < -0.4 is 10.6 Å². The van der Waals surface area contributed by atoms with Crippen molar-refractivity contribution in [3.63, 3.8) is 0 Å². The highest BCUT2D eigenvalue weighted by atomic mass is 35.5. The van der Waals surface area contributed by atoms with E-state index < -0.39 is 0 Å². The van der Waals surface area contributed by atoms with Crippen LogP contribution in [-0.2, 0) is 14.3 Å². The van der Waals surface area contributed by atoms with E-state index in [-0.39, 0.29) is 47.3 Å². The minimum atomic E-state index is -0.213. The molecule has 1 amide bonds. The van der Waals surface area contributed by atoms with E-state index in [4.69, 9.17) is 16.3 Å². The van der Waals surface area contributed by atoms with Gasteiger partial charge in [0.15, 0.2) is 5.78 Å². The Kier molecular flexibility index (Phi) is 7.10. The number of nitrogens with zero attached hydrogens (tertiary/aromatic N) is 3. The molecule has 4 aliphatic heterocycles. The lowest BCUT2D eigenvalue weighted by molar-refractivity contribution is -0.188. The van der Waals surface area contributed by atoms with E-state index in [1.54, 1.807) is 0 Å². The fourth-order valence-electron chi connectivity index (χ4n) is 7.52.